The number of hydrogen-bond acceptors (Lipinski definition) is 2. The number of guanidine groups is 2. The molecule has 1 fully saturated rings. The number of nitrogens with zero attached hydrogens (tertiary/aromatic N) is 2. The lowest BCUT2D eigenvalue weighted by Gasteiger charge is -2.38. The highest BCUT2D eigenvalue weighted by Gasteiger charge is 2.35. The minimum atomic E-state index is 0. The zero-order valence-electron chi connectivity index (χ0n) is 15.7. The van der Waals surface area contributed by atoms with Gasteiger partial charge in [-0.05, 0) is 48.2 Å². The van der Waals surface area contributed by atoms with Crippen molar-refractivity contribution in [1.82, 2.24) is 0 Å². The van der Waals surface area contributed by atoms with E-state index in [4.69, 9.17) is 22.9 Å². The van der Waals surface area contributed by atoms with E-state index >= 15 is 0 Å². The van der Waals surface area contributed by atoms with E-state index in [-0.39, 0.29) is 42.1 Å². The molecule has 6 nitrogen and oxygen atoms in total. The van der Waals surface area contributed by atoms with Crippen LogP contribution in [0.25, 0.3) is 0 Å². The fourth-order valence-electron chi connectivity index (χ4n) is 3.91. The van der Waals surface area contributed by atoms with E-state index in [0.29, 0.717) is 0 Å². The summed E-state index contributed by atoms with van der Waals surface area (Å²) in [6.07, 6.45) is 5.95. The molecule has 0 saturated heterocycles. The molecule has 0 spiro atoms. The third-order valence-electron chi connectivity index (χ3n) is 5.06. The molecule has 0 aliphatic heterocycles. The van der Waals surface area contributed by atoms with E-state index in [1.165, 1.54) is 30.4 Å². The predicted molar refractivity (Wildman–Crippen MR) is 122 cm³/mol. The maximum Gasteiger partial charge on any atom is 0.191 e. The molecule has 0 aromatic heterocycles. The van der Waals surface area contributed by atoms with Crippen molar-refractivity contribution in [2.45, 2.75) is 37.5 Å². The summed E-state index contributed by atoms with van der Waals surface area (Å²) in [5.74, 6) is 0.140. The van der Waals surface area contributed by atoms with Gasteiger partial charge in [0.1, 0.15) is 0 Å². The molecule has 2 aromatic rings. The van der Waals surface area contributed by atoms with Crippen LogP contribution < -0.4 is 22.9 Å². The average molecular weight is 423 g/mol. The van der Waals surface area contributed by atoms with Crippen LogP contribution in [-0.4, -0.2) is 11.9 Å². The van der Waals surface area contributed by atoms with Crippen molar-refractivity contribution in [1.29, 1.82) is 0 Å². The van der Waals surface area contributed by atoms with Crippen molar-refractivity contribution in [3.05, 3.63) is 59.7 Å². The van der Waals surface area contributed by atoms with Gasteiger partial charge in [-0.15, -0.1) is 24.8 Å². The van der Waals surface area contributed by atoms with E-state index in [9.17, 15) is 0 Å². The van der Waals surface area contributed by atoms with Gasteiger partial charge < -0.3 is 22.9 Å². The Kier molecular flexibility index (Phi) is 8.60. The maximum atomic E-state index is 5.47. The molecule has 8 N–H and O–H groups in total. The molecule has 0 unspecified atom stereocenters. The fraction of sp³-hybridized carbons (Fsp3) is 0.300. The highest BCUT2D eigenvalue weighted by atomic mass is 35.5. The zero-order valence-corrected chi connectivity index (χ0v) is 17.3. The molecule has 1 saturated carbocycles. The number of benzene rings is 2. The number of halogens is 2. The van der Waals surface area contributed by atoms with Crippen LogP contribution in [0.3, 0.4) is 0 Å². The van der Waals surface area contributed by atoms with Crippen molar-refractivity contribution in [3.63, 3.8) is 0 Å². The molecule has 1 aliphatic rings. The number of rotatable bonds is 4. The van der Waals surface area contributed by atoms with Gasteiger partial charge in [-0.25, -0.2) is 9.98 Å². The SMILES string of the molecule is Cl.Cl.NC(N)=Nc1ccc(C2(c3ccc(N=C(N)N)cc3)CCCCC2)cc1. The molecular formula is C20H28Cl2N6. The molecule has 2 aromatic carbocycles. The van der Waals surface area contributed by atoms with Gasteiger partial charge >= 0.3 is 0 Å². The van der Waals surface area contributed by atoms with E-state index in [1.807, 2.05) is 24.3 Å². The second-order valence-corrected chi connectivity index (χ2v) is 6.81. The van der Waals surface area contributed by atoms with Crippen molar-refractivity contribution in [3.8, 4) is 0 Å². The Morgan fingerprint density at radius 2 is 0.964 bits per heavy atom. The van der Waals surface area contributed by atoms with Gasteiger partial charge in [-0.1, -0.05) is 43.5 Å². The first-order valence-electron chi connectivity index (χ1n) is 8.90. The van der Waals surface area contributed by atoms with E-state index in [2.05, 4.69) is 34.3 Å². The standard InChI is InChI=1S/C20H26N6.2ClH/c21-18(22)25-16-8-4-14(5-9-16)20(12-2-1-3-13-20)15-6-10-17(11-7-15)26-19(23)24;;/h4-11H,1-3,12-13H2,(H4,21,22,25)(H4,23,24,26);2*1H. The predicted octanol–water partition coefficient (Wildman–Crippen LogP) is 3.59. The Hall–Kier alpha value is -2.44. The van der Waals surface area contributed by atoms with Crippen LogP contribution in [0.1, 0.15) is 43.2 Å². The van der Waals surface area contributed by atoms with Crippen molar-refractivity contribution in [2.24, 2.45) is 32.9 Å². The van der Waals surface area contributed by atoms with Crippen LogP contribution >= 0.6 is 24.8 Å². The minimum Gasteiger partial charge on any atom is -0.370 e. The lowest BCUT2D eigenvalue weighted by molar-refractivity contribution is 0.346. The van der Waals surface area contributed by atoms with Gasteiger partial charge in [0.2, 0.25) is 0 Å². The van der Waals surface area contributed by atoms with Crippen LogP contribution in [0.15, 0.2) is 58.5 Å². The lowest BCUT2D eigenvalue weighted by Crippen LogP contribution is -2.30. The maximum absolute atomic E-state index is 5.47. The van der Waals surface area contributed by atoms with E-state index < -0.39 is 0 Å². The monoisotopic (exact) mass is 422 g/mol. The fourth-order valence-corrected chi connectivity index (χ4v) is 3.91. The Balaban J connectivity index is 0.00000196. The van der Waals surface area contributed by atoms with Crippen molar-refractivity contribution in [2.75, 3.05) is 0 Å². The molecule has 0 radical (unpaired) electrons. The normalized spacial score (nSPS) is 14.7. The smallest absolute Gasteiger partial charge is 0.191 e. The Bertz CT molecular complexity index is 738. The summed E-state index contributed by atoms with van der Waals surface area (Å²) in [5.41, 5.74) is 26.0. The van der Waals surface area contributed by atoms with Crippen molar-refractivity contribution < 1.29 is 0 Å². The quantitative estimate of drug-likeness (QED) is 0.442. The molecule has 3 rings (SSSR count). The first-order chi connectivity index (χ1) is 12.5. The second kappa shape index (κ2) is 10.2. The summed E-state index contributed by atoms with van der Waals surface area (Å²) in [5, 5.41) is 0. The van der Waals surface area contributed by atoms with Crippen LogP contribution in [0.4, 0.5) is 11.4 Å². The van der Waals surface area contributed by atoms with Crippen LogP contribution in [-0.2, 0) is 5.41 Å². The highest BCUT2D eigenvalue weighted by Crippen LogP contribution is 2.45. The third-order valence-corrected chi connectivity index (χ3v) is 5.06. The summed E-state index contributed by atoms with van der Waals surface area (Å²) in [6.45, 7) is 0. The first kappa shape index (κ1) is 23.6. The van der Waals surface area contributed by atoms with Crippen molar-refractivity contribution >= 4 is 48.1 Å². The molecule has 8 heteroatoms. The molecule has 1 aliphatic carbocycles. The molecule has 0 bridgehead atoms. The van der Waals surface area contributed by atoms with Gasteiger partial charge in [0.25, 0.3) is 0 Å². The Morgan fingerprint density at radius 1 is 0.607 bits per heavy atom. The summed E-state index contributed by atoms with van der Waals surface area (Å²) in [6, 6.07) is 16.4. The molecule has 28 heavy (non-hydrogen) atoms. The molecule has 0 heterocycles. The molecule has 0 amide bonds. The number of aliphatic imine (C=N–C) groups is 2. The van der Waals surface area contributed by atoms with Gasteiger partial charge in [0.15, 0.2) is 11.9 Å². The number of nitrogens with two attached hydrogens (primary N) is 4. The summed E-state index contributed by atoms with van der Waals surface area (Å²) >= 11 is 0. The molecule has 0 atom stereocenters. The zero-order chi connectivity index (χ0) is 18.6. The van der Waals surface area contributed by atoms with Gasteiger partial charge in [-0.3, -0.25) is 0 Å². The van der Waals surface area contributed by atoms with Crippen LogP contribution in [0, 0.1) is 0 Å². The van der Waals surface area contributed by atoms with E-state index in [1.54, 1.807) is 0 Å². The van der Waals surface area contributed by atoms with Crippen LogP contribution in [0.5, 0.6) is 0 Å². The summed E-state index contributed by atoms with van der Waals surface area (Å²) in [7, 11) is 0. The summed E-state index contributed by atoms with van der Waals surface area (Å²) in [4.78, 5) is 8.23. The van der Waals surface area contributed by atoms with Gasteiger partial charge in [-0.2, -0.15) is 0 Å². The summed E-state index contributed by atoms with van der Waals surface area (Å²) < 4.78 is 0. The topological polar surface area (TPSA) is 129 Å². The van der Waals surface area contributed by atoms with Gasteiger partial charge in [0, 0.05) is 5.41 Å². The van der Waals surface area contributed by atoms with Gasteiger partial charge in [0.05, 0.1) is 11.4 Å². The largest absolute Gasteiger partial charge is 0.370 e. The lowest BCUT2D eigenvalue weighted by atomic mass is 9.65. The minimum absolute atomic E-state index is 0. The second-order valence-electron chi connectivity index (χ2n) is 6.81. The van der Waals surface area contributed by atoms with E-state index in [0.717, 1.165) is 24.2 Å². The Morgan fingerprint density at radius 3 is 1.29 bits per heavy atom. The molecular weight excluding hydrogens is 395 g/mol. The third kappa shape index (κ3) is 5.30. The number of hydrogen-bond donors (Lipinski definition) is 4. The first-order valence-corrected chi connectivity index (χ1v) is 8.90. The Labute approximate surface area is 178 Å². The average Bonchev–Trinajstić information content (AvgIpc) is 2.62. The molecule has 152 valence electrons. The van der Waals surface area contributed by atoms with Crippen LogP contribution in [0.2, 0.25) is 0 Å². The highest BCUT2D eigenvalue weighted by molar-refractivity contribution is 5.85.